The van der Waals surface area contributed by atoms with Crippen molar-refractivity contribution in [2.24, 2.45) is 10.7 Å². The molecule has 2 unspecified atom stereocenters. The van der Waals surface area contributed by atoms with E-state index in [1.165, 1.54) is 38.2 Å². The number of carbonyl (C=O) groups excluding carboxylic acids is 1. The van der Waals surface area contributed by atoms with Gasteiger partial charge in [0.05, 0.1) is 17.4 Å². The van der Waals surface area contributed by atoms with E-state index in [9.17, 15) is 18.0 Å². The monoisotopic (exact) mass is 418 g/mol. The fourth-order valence-electron chi connectivity index (χ4n) is 3.00. The predicted molar refractivity (Wildman–Crippen MR) is 102 cm³/mol. The number of hydrogen-bond acceptors (Lipinski definition) is 7. The SMILES string of the molecule is CC1OC(F)(F)C(N)=NC1(C)c1cc(NC(=O)c2ncc(C#N)cc2N)ccc1F. The van der Waals surface area contributed by atoms with Crippen molar-refractivity contribution in [1.82, 2.24) is 4.98 Å². The molecule has 0 radical (unpaired) electrons. The van der Waals surface area contributed by atoms with Crippen LogP contribution in [0.4, 0.5) is 24.5 Å². The van der Waals surface area contributed by atoms with E-state index in [0.29, 0.717) is 0 Å². The van der Waals surface area contributed by atoms with Crippen molar-refractivity contribution < 1.29 is 22.7 Å². The van der Waals surface area contributed by atoms with Gasteiger partial charge in [-0.15, -0.1) is 0 Å². The number of aromatic nitrogens is 1. The number of pyridine rings is 1. The third-order valence-corrected chi connectivity index (χ3v) is 4.80. The van der Waals surface area contributed by atoms with E-state index >= 15 is 0 Å². The van der Waals surface area contributed by atoms with Crippen LogP contribution in [-0.2, 0) is 10.3 Å². The highest BCUT2D eigenvalue weighted by Crippen LogP contribution is 2.40. The van der Waals surface area contributed by atoms with Crippen LogP contribution in [0.3, 0.4) is 0 Å². The van der Waals surface area contributed by atoms with Crippen LogP contribution >= 0.6 is 0 Å². The summed E-state index contributed by atoms with van der Waals surface area (Å²) in [6.07, 6.45) is -3.81. The first-order valence-corrected chi connectivity index (χ1v) is 8.66. The fraction of sp³-hybridized carbons (Fsp3) is 0.263. The van der Waals surface area contributed by atoms with Gasteiger partial charge in [0, 0.05) is 17.4 Å². The van der Waals surface area contributed by atoms with Crippen LogP contribution in [0.25, 0.3) is 0 Å². The minimum atomic E-state index is -3.76. The molecule has 2 heterocycles. The van der Waals surface area contributed by atoms with Crippen molar-refractivity contribution in [2.45, 2.75) is 31.6 Å². The summed E-state index contributed by atoms with van der Waals surface area (Å²) in [6.45, 7) is 2.71. The molecule has 156 valence electrons. The second-order valence-corrected chi connectivity index (χ2v) is 6.84. The van der Waals surface area contributed by atoms with Gasteiger partial charge >= 0.3 is 6.11 Å². The molecule has 11 heteroatoms. The number of nitriles is 1. The summed E-state index contributed by atoms with van der Waals surface area (Å²) in [5.41, 5.74) is 9.55. The number of rotatable bonds is 3. The Bertz CT molecular complexity index is 1100. The molecule has 1 aliphatic heterocycles. The number of amidine groups is 1. The van der Waals surface area contributed by atoms with E-state index in [4.69, 9.17) is 16.7 Å². The molecule has 0 spiro atoms. The summed E-state index contributed by atoms with van der Waals surface area (Å²) in [6, 6.07) is 6.71. The Balaban J connectivity index is 1.96. The van der Waals surface area contributed by atoms with Crippen LogP contribution in [-0.4, -0.2) is 28.9 Å². The van der Waals surface area contributed by atoms with E-state index < -0.39 is 35.3 Å². The molecule has 0 aliphatic carbocycles. The van der Waals surface area contributed by atoms with E-state index in [0.717, 1.165) is 6.07 Å². The highest BCUT2D eigenvalue weighted by Gasteiger charge is 2.50. The second kappa shape index (κ2) is 7.31. The molecule has 30 heavy (non-hydrogen) atoms. The van der Waals surface area contributed by atoms with E-state index in [2.05, 4.69) is 20.0 Å². The number of aliphatic imine (C=N–C) groups is 1. The number of nitrogen functional groups attached to an aromatic ring is 1. The van der Waals surface area contributed by atoms with Crippen LogP contribution in [0, 0.1) is 17.1 Å². The number of ether oxygens (including phenoxy) is 1. The van der Waals surface area contributed by atoms with Gasteiger partial charge in [-0.3, -0.25) is 9.79 Å². The van der Waals surface area contributed by atoms with Gasteiger partial charge in [-0.1, -0.05) is 0 Å². The number of carbonyl (C=O) groups is 1. The highest BCUT2D eigenvalue weighted by atomic mass is 19.3. The number of halogens is 3. The Morgan fingerprint density at radius 3 is 2.67 bits per heavy atom. The molecule has 1 aromatic carbocycles. The predicted octanol–water partition coefficient (Wildman–Crippen LogP) is 2.51. The van der Waals surface area contributed by atoms with Crippen LogP contribution in [0.15, 0.2) is 35.5 Å². The molecule has 8 nitrogen and oxygen atoms in total. The maximum Gasteiger partial charge on any atom is 0.415 e. The van der Waals surface area contributed by atoms with E-state index in [-0.39, 0.29) is 28.2 Å². The quantitative estimate of drug-likeness (QED) is 0.700. The molecule has 0 bridgehead atoms. The summed E-state index contributed by atoms with van der Waals surface area (Å²) in [4.78, 5) is 20.1. The minimum Gasteiger partial charge on any atom is -0.397 e. The molecule has 0 saturated heterocycles. The van der Waals surface area contributed by atoms with Crippen LogP contribution in [0.5, 0.6) is 0 Å². The number of nitrogens with two attached hydrogens (primary N) is 2. The maximum absolute atomic E-state index is 14.6. The average Bonchev–Trinajstić information content (AvgIpc) is 2.67. The summed E-state index contributed by atoms with van der Waals surface area (Å²) in [7, 11) is 0. The first-order chi connectivity index (χ1) is 14.0. The third kappa shape index (κ3) is 3.65. The molecule has 1 amide bonds. The summed E-state index contributed by atoms with van der Waals surface area (Å²) >= 11 is 0. The zero-order valence-corrected chi connectivity index (χ0v) is 15.9. The molecule has 2 atom stereocenters. The van der Waals surface area contributed by atoms with Gasteiger partial charge in [0.1, 0.15) is 17.4 Å². The van der Waals surface area contributed by atoms with E-state index in [1.54, 1.807) is 0 Å². The van der Waals surface area contributed by atoms with Crippen molar-refractivity contribution >= 4 is 23.1 Å². The molecular weight excluding hydrogens is 401 g/mol. The van der Waals surface area contributed by atoms with Crippen molar-refractivity contribution in [3.63, 3.8) is 0 Å². The molecular formula is C19H17F3N6O2. The van der Waals surface area contributed by atoms with Gasteiger partial charge in [0.25, 0.3) is 5.91 Å². The number of benzene rings is 1. The van der Waals surface area contributed by atoms with Gasteiger partial charge in [-0.25, -0.2) is 9.37 Å². The van der Waals surface area contributed by atoms with Crippen LogP contribution < -0.4 is 16.8 Å². The lowest BCUT2D eigenvalue weighted by Gasteiger charge is -2.39. The standard InChI is InChI=1S/C19H17F3N6O2/c1-9-18(2,28-17(25)19(21,22)30-9)12-6-11(3-4-13(12)20)27-16(29)15-14(24)5-10(7-23)8-26-15/h3-6,8-9H,24H2,1-2H3,(H2,25,28)(H,27,29). The summed E-state index contributed by atoms with van der Waals surface area (Å²) in [5.74, 6) is -2.53. The van der Waals surface area contributed by atoms with Gasteiger partial charge in [-0.2, -0.15) is 14.0 Å². The maximum atomic E-state index is 14.6. The van der Waals surface area contributed by atoms with Crippen LogP contribution in [0.1, 0.15) is 35.5 Å². The topological polar surface area (TPSA) is 139 Å². The smallest absolute Gasteiger partial charge is 0.397 e. The van der Waals surface area contributed by atoms with Gasteiger partial charge in [-0.05, 0) is 38.1 Å². The van der Waals surface area contributed by atoms with Crippen molar-refractivity contribution in [3.05, 3.63) is 53.1 Å². The number of anilines is 2. The minimum absolute atomic E-state index is 0.0187. The number of alkyl halides is 2. The number of nitrogens with zero attached hydrogens (tertiary/aromatic N) is 3. The van der Waals surface area contributed by atoms with Gasteiger partial charge in [0.2, 0.25) is 0 Å². The Morgan fingerprint density at radius 1 is 1.33 bits per heavy atom. The van der Waals surface area contributed by atoms with Crippen LogP contribution in [0.2, 0.25) is 0 Å². The highest BCUT2D eigenvalue weighted by molar-refractivity contribution is 6.06. The lowest BCUT2D eigenvalue weighted by atomic mass is 9.86. The fourth-order valence-corrected chi connectivity index (χ4v) is 3.00. The Labute approximate surface area is 169 Å². The molecule has 1 aromatic heterocycles. The van der Waals surface area contributed by atoms with Crippen molar-refractivity contribution in [1.29, 1.82) is 5.26 Å². The zero-order valence-electron chi connectivity index (χ0n) is 15.9. The van der Waals surface area contributed by atoms with Crippen molar-refractivity contribution in [2.75, 3.05) is 11.1 Å². The summed E-state index contributed by atoms with van der Waals surface area (Å²) < 4.78 is 46.6. The molecule has 2 aromatic rings. The van der Waals surface area contributed by atoms with E-state index in [1.807, 2.05) is 6.07 Å². The third-order valence-electron chi connectivity index (χ3n) is 4.80. The Hall–Kier alpha value is -3.65. The lowest BCUT2D eigenvalue weighted by molar-refractivity contribution is -0.231. The molecule has 5 N–H and O–H groups in total. The molecule has 0 saturated carbocycles. The Morgan fingerprint density at radius 2 is 2.03 bits per heavy atom. The lowest BCUT2D eigenvalue weighted by Crippen LogP contribution is -2.52. The first kappa shape index (κ1) is 21.1. The van der Waals surface area contributed by atoms with Gasteiger partial charge < -0.3 is 21.5 Å². The largest absolute Gasteiger partial charge is 0.415 e. The number of hydrogen-bond donors (Lipinski definition) is 3. The number of amides is 1. The first-order valence-electron chi connectivity index (χ1n) is 8.66. The second-order valence-electron chi connectivity index (χ2n) is 6.84. The van der Waals surface area contributed by atoms with Gasteiger partial charge in [0.15, 0.2) is 11.5 Å². The Kier molecular flexibility index (Phi) is 5.13. The zero-order chi connectivity index (χ0) is 22.3. The summed E-state index contributed by atoms with van der Waals surface area (Å²) in [5, 5.41) is 11.3. The molecule has 0 fully saturated rings. The average molecular weight is 418 g/mol. The molecule has 3 rings (SSSR count). The number of nitrogens with one attached hydrogen (secondary N) is 1. The molecule has 1 aliphatic rings. The van der Waals surface area contributed by atoms with Crippen molar-refractivity contribution in [3.8, 4) is 6.07 Å². The normalized spacial score (nSPS) is 22.7.